The lowest BCUT2D eigenvalue weighted by Gasteiger charge is -2.26. The summed E-state index contributed by atoms with van der Waals surface area (Å²) >= 11 is 0. The van der Waals surface area contributed by atoms with Gasteiger partial charge < -0.3 is 9.80 Å². The van der Waals surface area contributed by atoms with E-state index in [0.717, 1.165) is 69.6 Å². The van der Waals surface area contributed by atoms with Crippen LogP contribution in [-0.4, -0.2) is 62.4 Å². The standard InChI is InChI=1S/C21H31F3N2O3S/c1-3-25(13-7-15-26-14-6-4-5-8-20(26)27)16-17(2)18-9-11-19(12-10-18)30(28,29)21(22,23)24/h9-12,17H,3-8,13-16H2,1-2H3. The second-order valence-electron chi connectivity index (χ2n) is 7.86. The Balaban J connectivity index is 1.90. The molecule has 1 amide bonds. The monoisotopic (exact) mass is 448 g/mol. The van der Waals surface area contributed by atoms with Gasteiger partial charge in [0.15, 0.2) is 0 Å². The quantitative estimate of drug-likeness (QED) is 0.568. The molecule has 1 aromatic carbocycles. The predicted molar refractivity (Wildman–Crippen MR) is 110 cm³/mol. The molecule has 9 heteroatoms. The fourth-order valence-corrected chi connectivity index (χ4v) is 4.50. The van der Waals surface area contributed by atoms with Gasteiger partial charge in [-0.2, -0.15) is 13.2 Å². The lowest BCUT2D eigenvalue weighted by Crippen LogP contribution is -2.35. The van der Waals surface area contributed by atoms with Crippen LogP contribution in [0.3, 0.4) is 0 Å². The SMILES string of the molecule is CCN(CCCN1CCCCCC1=O)CC(C)c1ccc(S(=O)(=O)C(F)(F)F)cc1. The van der Waals surface area contributed by atoms with Crippen LogP contribution in [0.5, 0.6) is 0 Å². The maximum Gasteiger partial charge on any atom is 0.501 e. The lowest BCUT2D eigenvalue weighted by atomic mass is 10.0. The maximum atomic E-state index is 12.7. The molecule has 170 valence electrons. The van der Waals surface area contributed by atoms with Crippen LogP contribution >= 0.6 is 0 Å². The largest absolute Gasteiger partial charge is 0.501 e. The third-order valence-corrected chi connectivity index (χ3v) is 7.12. The Morgan fingerprint density at radius 3 is 2.40 bits per heavy atom. The Labute approximate surface area is 177 Å². The van der Waals surface area contributed by atoms with E-state index in [1.807, 2.05) is 18.7 Å². The summed E-state index contributed by atoms with van der Waals surface area (Å²) in [5.74, 6) is 0.269. The Kier molecular flexibility index (Phi) is 8.73. The molecule has 1 aliphatic heterocycles. The summed E-state index contributed by atoms with van der Waals surface area (Å²) in [6, 6.07) is 4.95. The van der Waals surface area contributed by atoms with Crippen molar-refractivity contribution in [1.29, 1.82) is 0 Å². The van der Waals surface area contributed by atoms with Crippen LogP contribution in [-0.2, 0) is 14.6 Å². The Morgan fingerprint density at radius 1 is 1.13 bits per heavy atom. The molecule has 0 bridgehead atoms. The van der Waals surface area contributed by atoms with Gasteiger partial charge in [0, 0.05) is 26.1 Å². The summed E-state index contributed by atoms with van der Waals surface area (Å²) in [7, 11) is -5.32. The van der Waals surface area contributed by atoms with Gasteiger partial charge in [0.1, 0.15) is 0 Å². The molecule has 2 rings (SSSR count). The molecule has 0 radical (unpaired) electrons. The molecule has 0 aliphatic carbocycles. The van der Waals surface area contributed by atoms with Gasteiger partial charge >= 0.3 is 5.51 Å². The van der Waals surface area contributed by atoms with Crippen molar-refractivity contribution in [3.63, 3.8) is 0 Å². The topological polar surface area (TPSA) is 57.7 Å². The second kappa shape index (κ2) is 10.6. The number of sulfone groups is 1. The van der Waals surface area contributed by atoms with E-state index in [9.17, 15) is 26.4 Å². The zero-order chi connectivity index (χ0) is 22.4. The third-order valence-electron chi connectivity index (χ3n) is 5.62. The number of halogens is 3. The molecule has 1 atom stereocenters. The van der Waals surface area contributed by atoms with Gasteiger partial charge in [-0.05, 0) is 56.0 Å². The minimum atomic E-state index is -5.32. The number of alkyl halides is 3. The summed E-state index contributed by atoms with van der Waals surface area (Å²) < 4.78 is 61.0. The smallest absolute Gasteiger partial charge is 0.343 e. The highest BCUT2D eigenvalue weighted by atomic mass is 32.2. The van der Waals surface area contributed by atoms with Gasteiger partial charge in [0.2, 0.25) is 5.91 Å². The summed E-state index contributed by atoms with van der Waals surface area (Å²) in [6.07, 6.45) is 4.63. The number of carbonyl (C=O) groups is 1. The van der Waals surface area contributed by atoms with Crippen molar-refractivity contribution >= 4 is 15.7 Å². The van der Waals surface area contributed by atoms with Gasteiger partial charge in [0.25, 0.3) is 9.84 Å². The van der Waals surface area contributed by atoms with E-state index < -0.39 is 20.2 Å². The minimum Gasteiger partial charge on any atom is -0.343 e. The molecule has 1 aromatic rings. The normalized spacial score (nSPS) is 17.3. The number of benzene rings is 1. The van der Waals surface area contributed by atoms with Gasteiger partial charge in [-0.25, -0.2) is 8.42 Å². The third kappa shape index (κ3) is 6.44. The molecule has 1 saturated heterocycles. The minimum absolute atomic E-state index is 0.0346. The van der Waals surface area contributed by atoms with Crippen molar-refractivity contribution in [2.24, 2.45) is 0 Å². The van der Waals surface area contributed by atoms with E-state index in [1.54, 1.807) is 0 Å². The number of likely N-dealkylation sites (N-methyl/N-ethyl adjacent to an activating group) is 1. The first-order valence-electron chi connectivity index (χ1n) is 10.5. The fraction of sp³-hybridized carbons (Fsp3) is 0.667. The highest BCUT2D eigenvalue weighted by Gasteiger charge is 2.46. The predicted octanol–water partition coefficient (Wildman–Crippen LogP) is 4.20. The number of hydrogen-bond acceptors (Lipinski definition) is 4. The fourth-order valence-electron chi connectivity index (χ4n) is 3.74. The number of amides is 1. The van der Waals surface area contributed by atoms with Crippen LogP contribution in [0.4, 0.5) is 13.2 Å². The van der Waals surface area contributed by atoms with E-state index in [4.69, 9.17) is 0 Å². The molecule has 0 saturated carbocycles. The van der Waals surface area contributed by atoms with Crippen molar-refractivity contribution in [2.45, 2.75) is 62.3 Å². The second-order valence-corrected chi connectivity index (χ2v) is 9.80. The summed E-state index contributed by atoms with van der Waals surface area (Å²) in [5.41, 5.74) is -4.51. The van der Waals surface area contributed by atoms with Crippen LogP contribution in [0, 0.1) is 0 Å². The van der Waals surface area contributed by atoms with Gasteiger partial charge in [0.05, 0.1) is 4.90 Å². The molecular formula is C21H31F3N2O3S. The zero-order valence-corrected chi connectivity index (χ0v) is 18.4. The van der Waals surface area contributed by atoms with E-state index in [2.05, 4.69) is 4.90 Å². The van der Waals surface area contributed by atoms with Crippen LogP contribution in [0.2, 0.25) is 0 Å². The van der Waals surface area contributed by atoms with Crippen molar-refractivity contribution < 1.29 is 26.4 Å². The molecule has 0 aromatic heterocycles. The average Bonchev–Trinajstić information content (AvgIpc) is 2.90. The highest BCUT2D eigenvalue weighted by Crippen LogP contribution is 2.31. The molecule has 30 heavy (non-hydrogen) atoms. The van der Waals surface area contributed by atoms with E-state index in [-0.39, 0.29) is 11.8 Å². The number of nitrogens with zero attached hydrogens (tertiary/aromatic N) is 2. The Bertz CT molecular complexity index is 795. The van der Waals surface area contributed by atoms with Crippen LogP contribution in [0.15, 0.2) is 29.2 Å². The van der Waals surface area contributed by atoms with Crippen molar-refractivity contribution in [3.8, 4) is 0 Å². The van der Waals surface area contributed by atoms with Crippen molar-refractivity contribution in [2.75, 3.05) is 32.7 Å². The van der Waals surface area contributed by atoms with E-state index >= 15 is 0 Å². The van der Waals surface area contributed by atoms with Crippen LogP contribution in [0.1, 0.15) is 57.4 Å². The maximum absolute atomic E-state index is 12.7. The molecule has 5 nitrogen and oxygen atoms in total. The summed E-state index contributed by atoms with van der Waals surface area (Å²) in [5, 5.41) is 0. The average molecular weight is 449 g/mol. The Hall–Kier alpha value is -1.61. The summed E-state index contributed by atoms with van der Waals surface area (Å²) in [6.45, 7) is 7.93. The first-order chi connectivity index (χ1) is 14.1. The number of rotatable bonds is 9. The number of hydrogen-bond donors (Lipinski definition) is 0. The molecule has 1 heterocycles. The lowest BCUT2D eigenvalue weighted by molar-refractivity contribution is -0.130. The molecule has 0 spiro atoms. The first-order valence-corrected chi connectivity index (χ1v) is 12.0. The van der Waals surface area contributed by atoms with Crippen molar-refractivity contribution in [3.05, 3.63) is 29.8 Å². The number of carbonyl (C=O) groups excluding carboxylic acids is 1. The van der Waals surface area contributed by atoms with Crippen LogP contribution < -0.4 is 0 Å². The molecule has 1 unspecified atom stereocenters. The Morgan fingerprint density at radius 2 is 1.80 bits per heavy atom. The molecule has 0 N–H and O–H groups in total. The van der Waals surface area contributed by atoms with Gasteiger partial charge in [-0.3, -0.25) is 4.79 Å². The van der Waals surface area contributed by atoms with E-state index in [1.165, 1.54) is 12.1 Å². The van der Waals surface area contributed by atoms with E-state index in [0.29, 0.717) is 13.0 Å². The first kappa shape index (κ1) is 24.7. The zero-order valence-electron chi connectivity index (χ0n) is 17.6. The highest BCUT2D eigenvalue weighted by molar-refractivity contribution is 7.92. The molecule has 1 fully saturated rings. The molecule has 1 aliphatic rings. The molecular weight excluding hydrogens is 417 g/mol. The van der Waals surface area contributed by atoms with Crippen LogP contribution in [0.25, 0.3) is 0 Å². The van der Waals surface area contributed by atoms with Gasteiger partial charge in [-0.15, -0.1) is 0 Å². The number of likely N-dealkylation sites (tertiary alicyclic amines) is 1. The van der Waals surface area contributed by atoms with Gasteiger partial charge in [-0.1, -0.05) is 32.4 Å². The van der Waals surface area contributed by atoms with Crippen molar-refractivity contribution in [1.82, 2.24) is 9.80 Å². The summed E-state index contributed by atoms with van der Waals surface area (Å²) in [4.78, 5) is 15.5.